The normalized spacial score (nSPS) is 17.7. The van der Waals surface area contributed by atoms with Crippen molar-refractivity contribution in [1.82, 2.24) is 10.2 Å². The molecule has 1 heterocycles. The third-order valence-corrected chi connectivity index (χ3v) is 4.16. The molecular formula is C18H32N2O6. The van der Waals surface area contributed by atoms with E-state index in [2.05, 4.69) is 5.32 Å². The van der Waals surface area contributed by atoms with E-state index in [1.165, 1.54) is 4.90 Å². The van der Waals surface area contributed by atoms with Crippen LogP contribution in [0.25, 0.3) is 0 Å². The number of hydrogen-bond acceptors (Lipinski definition) is 5. The van der Waals surface area contributed by atoms with Gasteiger partial charge in [-0.3, -0.25) is 4.79 Å². The molecule has 0 aromatic rings. The Bertz CT molecular complexity index is 543. The Labute approximate surface area is 155 Å². The molecule has 1 rings (SSSR count). The molecule has 2 N–H and O–H groups in total. The first-order chi connectivity index (χ1) is 11.7. The van der Waals surface area contributed by atoms with Gasteiger partial charge in [-0.25, -0.2) is 9.59 Å². The molecule has 150 valence electrons. The molecule has 1 unspecified atom stereocenters. The standard InChI is InChI=1S/C18H32N2O6/c1-8-18(9-13(21)22,19-14(23)25-16(2,3)4)12-10-20(11-12)15(24)26-17(5,6)7/h12H,8-11H2,1-7H3,(H,19,23)(H,21,22). The molecule has 2 amide bonds. The molecule has 0 saturated carbocycles. The zero-order chi connectivity index (χ0) is 20.3. The lowest BCUT2D eigenvalue weighted by Gasteiger charge is -2.49. The van der Waals surface area contributed by atoms with E-state index >= 15 is 0 Å². The van der Waals surface area contributed by atoms with Crippen molar-refractivity contribution in [2.24, 2.45) is 5.92 Å². The molecule has 0 bridgehead atoms. The first kappa shape index (κ1) is 22.1. The number of ether oxygens (including phenoxy) is 2. The number of carbonyl (C=O) groups is 3. The highest BCUT2D eigenvalue weighted by molar-refractivity contribution is 5.74. The van der Waals surface area contributed by atoms with E-state index < -0.39 is 34.9 Å². The van der Waals surface area contributed by atoms with Crippen LogP contribution in [-0.2, 0) is 14.3 Å². The summed E-state index contributed by atoms with van der Waals surface area (Å²) in [6.45, 7) is 13.0. The minimum atomic E-state index is -1.02. The fraction of sp³-hybridized carbons (Fsp3) is 0.833. The summed E-state index contributed by atoms with van der Waals surface area (Å²) in [5, 5.41) is 12.1. The second-order valence-electron chi connectivity index (χ2n) is 8.79. The maximum Gasteiger partial charge on any atom is 0.410 e. The van der Waals surface area contributed by atoms with Crippen LogP contribution in [0.15, 0.2) is 0 Å². The van der Waals surface area contributed by atoms with Crippen LogP contribution in [0.1, 0.15) is 61.3 Å². The third kappa shape index (κ3) is 6.38. The summed E-state index contributed by atoms with van der Waals surface area (Å²) in [4.78, 5) is 37.2. The number of carbonyl (C=O) groups excluding carboxylic acids is 2. The van der Waals surface area contributed by atoms with Crippen LogP contribution in [-0.4, -0.2) is 58.0 Å². The fourth-order valence-electron chi connectivity index (χ4n) is 2.87. The predicted molar refractivity (Wildman–Crippen MR) is 95.9 cm³/mol. The Morgan fingerprint density at radius 1 is 1.04 bits per heavy atom. The van der Waals surface area contributed by atoms with Crippen molar-refractivity contribution >= 4 is 18.2 Å². The quantitative estimate of drug-likeness (QED) is 0.768. The minimum absolute atomic E-state index is 0.191. The average Bonchev–Trinajstić information content (AvgIpc) is 2.30. The Balaban J connectivity index is 2.84. The van der Waals surface area contributed by atoms with Crippen molar-refractivity contribution in [1.29, 1.82) is 0 Å². The van der Waals surface area contributed by atoms with Gasteiger partial charge in [0.1, 0.15) is 11.2 Å². The highest BCUT2D eigenvalue weighted by Gasteiger charge is 2.49. The summed E-state index contributed by atoms with van der Waals surface area (Å²) in [5.74, 6) is -1.21. The van der Waals surface area contributed by atoms with Gasteiger partial charge in [0.05, 0.1) is 12.0 Å². The van der Waals surface area contributed by atoms with Gasteiger partial charge in [0.25, 0.3) is 0 Å². The van der Waals surface area contributed by atoms with E-state index in [-0.39, 0.29) is 12.3 Å². The van der Waals surface area contributed by atoms with Gasteiger partial charge in [0, 0.05) is 19.0 Å². The number of alkyl carbamates (subject to hydrolysis) is 1. The molecule has 1 saturated heterocycles. The van der Waals surface area contributed by atoms with Crippen LogP contribution in [0.3, 0.4) is 0 Å². The molecule has 0 aromatic carbocycles. The van der Waals surface area contributed by atoms with Crippen molar-refractivity contribution in [3.8, 4) is 0 Å². The van der Waals surface area contributed by atoms with Crippen molar-refractivity contribution in [2.75, 3.05) is 13.1 Å². The predicted octanol–water partition coefficient (Wildman–Crippen LogP) is 3.00. The molecule has 1 atom stereocenters. The summed E-state index contributed by atoms with van der Waals surface area (Å²) in [7, 11) is 0. The van der Waals surface area contributed by atoms with Gasteiger partial charge in [0.15, 0.2) is 0 Å². The third-order valence-electron chi connectivity index (χ3n) is 4.16. The smallest absolute Gasteiger partial charge is 0.410 e. The topological polar surface area (TPSA) is 105 Å². The largest absolute Gasteiger partial charge is 0.481 e. The number of nitrogens with one attached hydrogen (secondary N) is 1. The summed E-state index contributed by atoms with van der Waals surface area (Å²) in [5.41, 5.74) is -2.26. The zero-order valence-electron chi connectivity index (χ0n) is 16.8. The summed E-state index contributed by atoms with van der Waals surface area (Å²) >= 11 is 0. The highest BCUT2D eigenvalue weighted by atomic mass is 16.6. The second kappa shape index (κ2) is 7.72. The number of aliphatic carboxylic acids is 1. The summed E-state index contributed by atoms with van der Waals surface area (Å²) < 4.78 is 10.6. The van der Waals surface area contributed by atoms with Gasteiger partial charge in [-0.15, -0.1) is 0 Å². The lowest BCUT2D eigenvalue weighted by atomic mass is 9.74. The zero-order valence-corrected chi connectivity index (χ0v) is 16.8. The van der Waals surface area contributed by atoms with Gasteiger partial charge in [0.2, 0.25) is 0 Å². The van der Waals surface area contributed by atoms with E-state index in [1.54, 1.807) is 41.5 Å². The van der Waals surface area contributed by atoms with E-state index in [4.69, 9.17) is 9.47 Å². The molecule has 0 spiro atoms. The van der Waals surface area contributed by atoms with Crippen LogP contribution in [0.2, 0.25) is 0 Å². The second-order valence-corrected chi connectivity index (χ2v) is 8.79. The van der Waals surface area contributed by atoms with Gasteiger partial charge in [-0.05, 0) is 48.0 Å². The Morgan fingerprint density at radius 3 is 1.92 bits per heavy atom. The van der Waals surface area contributed by atoms with Gasteiger partial charge < -0.3 is 24.8 Å². The van der Waals surface area contributed by atoms with Gasteiger partial charge in [-0.2, -0.15) is 0 Å². The average molecular weight is 372 g/mol. The number of carboxylic acids is 1. The Kier molecular flexibility index (Phi) is 6.54. The van der Waals surface area contributed by atoms with Crippen LogP contribution in [0.4, 0.5) is 9.59 Å². The molecule has 26 heavy (non-hydrogen) atoms. The molecule has 0 aromatic heterocycles. The van der Waals surface area contributed by atoms with E-state index in [0.29, 0.717) is 19.5 Å². The monoisotopic (exact) mass is 372 g/mol. The van der Waals surface area contributed by atoms with Crippen molar-refractivity contribution in [3.63, 3.8) is 0 Å². The Hall–Kier alpha value is -1.99. The number of nitrogens with zero attached hydrogens (tertiary/aromatic N) is 1. The molecule has 0 aliphatic carbocycles. The minimum Gasteiger partial charge on any atom is -0.481 e. The molecule has 1 aliphatic rings. The van der Waals surface area contributed by atoms with Crippen molar-refractivity contribution < 1.29 is 29.0 Å². The molecule has 8 heteroatoms. The van der Waals surface area contributed by atoms with Gasteiger partial charge >= 0.3 is 18.2 Å². The van der Waals surface area contributed by atoms with E-state index in [1.807, 2.05) is 6.92 Å². The summed E-state index contributed by atoms with van der Waals surface area (Å²) in [6.07, 6.45) is -0.927. The Morgan fingerprint density at radius 2 is 1.54 bits per heavy atom. The van der Waals surface area contributed by atoms with Crippen LogP contribution < -0.4 is 5.32 Å². The highest BCUT2D eigenvalue weighted by Crippen LogP contribution is 2.34. The van der Waals surface area contributed by atoms with Crippen LogP contribution >= 0.6 is 0 Å². The first-order valence-corrected chi connectivity index (χ1v) is 8.88. The van der Waals surface area contributed by atoms with Crippen molar-refractivity contribution in [2.45, 2.75) is 78.0 Å². The van der Waals surface area contributed by atoms with Crippen LogP contribution in [0.5, 0.6) is 0 Å². The lowest BCUT2D eigenvalue weighted by molar-refractivity contribution is -0.140. The van der Waals surface area contributed by atoms with Gasteiger partial charge in [-0.1, -0.05) is 6.92 Å². The molecule has 1 fully saturated rings. The van der Waals surface area contributed by atoms with E-state index in [0.717, 1.165) is 0 Å². The number of rotatable bonds is 5. The number of carboxylic acid groups (broad SMARTS) is 1. The molecule has 1 aliphatic heterocycles. The fourth-order valence-corrected chi connectivity index (χ4v) is 2.87. The SMILES string of the molecule is CCC(CC(=O)O)(NC(=O)OC(C)(C)C)C1CN(C(=O)OC(C)(C)C)C1. The first-order valence-electron chi connectivity index (χ1n) is 8.88. The maximum atomic E-state index is 12.2. The molecule has 0 radical (unpaired) electrons. The lowest BCUT2D eigenvalue weighted by Crippen LogP contribution is -2.66. The van der Waals surface area contributed by atoms with E-state index in [9.17, 15) is 19.5 Å². The molecular weight excluding hydrogens is 340 g/mol. The summed E-state index contributed by atoms with van der Waals surface area (Å²) in [6, 6.07) is 0. The number of hydrogen-bond donors (Lipinski definition) is 2. The van der Waals surface area contributed by atoms with Crippen molar-refractivity contribution in [3.05, 3.63) is 0 Å². The number of likely N-dealkylation sites (tertiary alicyclic amines) is 1. The maximum absolute atomic E-state index is 12.2. The molecule has 8 nitrogen and oxygen atoms in total. The number of amides is 2. The van der Waals surface area contributed by atoms with Crippen LogP contribution in [0, 0.1) is 5.92 Å².